The number of benzene rings is 1. The maximum Gasteiger partial charge on any atom is 0.407 e. The molecule has 4 heteroatoms. The average Bonchev–Trinajstić information content (AvgIpc) is 3.03. The number of ether oxygens (including phenoxy) is 1. The Morgan fingerprint density at radius 1 is 1.38 bits per heavy atom. The molecule has 0 unspecified atom stereocenters. The first kappa shape index (κ1) is 14.1. The van der Waals surface area contributed by atoms with E-state index in [1.165, 1.54) is 22.3 Å². The summed E-state index contributed by atoms with van der Waals surface area (Å²) in [7, 11) is 4.21. The van der Waals surface area contributed by atoms with Crippen molar-refractivity contribution >= 4 is 11.7 Å². The molecular weight excluding hydrogens is 264 g/mol. The zero-order valence-electron chi connectivity index (χ0n) is 12.7. The van der Waals surface area contributed by atoms with Gasteiger partial charge in [0.15, 0.2) is 0 Å². The van der Waals surface area contributed by atoms with Crippen molar-refractivity contribution in [2.45, 2.75) is 25.3 Å². The molecule has 1 aromatic carbocycles. The highest BCUT2D eigenvalue weighted by molar-refractivity contribution is 5.74. The van der Waals surface area contributed by atoms with E-state index < -0.39 is 0 Å². The van der Waals surface area contributed by atoms with Gasteiger partial charge < -0.3 is 15.0 Å². The van der Waals surface area contributed by atoms with E-state index in [1.54, 1.807) is 0 Å². The highest BCUT2D eigenvalue weighted by Gasteiger charge is 2.23. The zero-order valence-corrected chi connectivity index (χ0v) is 12.7. The van der Waals surface area contributed by atoms with Crippen LogP contribution in [0.4, 0.5) is 4.79 Å². The van der Waals surface area contributed by atoms with Gasteiger partial charge in [-0.25, -0.2) is 4.79 Å². The van der Waals surface area contributed by atoms with Crippen molar-refractivity contribution in [3.05, 3.63) is 41.0 Å². The van der Waals surface area contributed by atoms with E-state index in [1.807, 2.05) is 0 Å². The Balaban J connectivity index is 1.70. The summed E-state index contributed by atoms with van der Waals surface area (Å²) < 4.78 is 4.95. The summed E-state index contributed by atoms with van der Waals surface area (Å²) in [4.78, 5) is 13.3. The van der Waals surface area contributed by atoms with Gasteiger partial charge in [-0.05, 0) is 55.6 Å². The maximum absolute atomic E-state index is 11.1. The molecule has 1 saturated heterocycles. The number of alkyl carbamates (subject to hydrolysis) is 1. The molecule has 0 spiro atoms. The molecule has 0 aromatic heterocycles. The highest BCUT2D eigenvalue weighted by Crippen LogP contribution is 2.31. The van der Waals surface area contributed by atoms with Gasteiger partial charge in [0.2, 0.25) is 0 Å². The number of carbonyl (C=O) groups is 1. The maximum atomic E-state index is 11.1. The predicted molar refractivity (Wildman–Crippen MR) is 83.3 cm³/mol. The summed E-state index contributed by atoms with van der Waals surface area (Å²) in [6.07, 6.45) is 5.01. The number of hydrogen-bond acceptors (Lipinski definition) is 3. The number of nitrogens with one attached hydrogen (secondary N) is 1. The van der Waals surface area contributed by atoms with Gasteiger partial charge in [0, 0.05) is 6.54 Å². The lowest BCUT2D eigenvalue weighted by Gasteiger charge is -2.13. The molecule has 1 fully saturated rings. The van der Waals surface area contributed by atoms with E-state index in [0.717, 1.165) is 25.8 Å². The lowest BCUT2D eigenvalue weighted by molar-refractivity contribution is 0.177. The van der Waals surface area contributed by atoms with E-state index in [0.29, 0.717) is 6.61 Å². The van der Waals surface area contributed by atoms with Crippen LogP contribution in [-0.4, -0.2) is 44.3 Å². The number of nitrogens with zero attached hydrogens (tertiary/aromatic N) is 1. The van der Waals surface area contributed by atoms with E-state index in [9.17, 15) is 4.79 Å². The molecule has 1 atom stereocenters. The van der Waals surface area contributed by atoms with Crippen LogP contribution in [0.15, 0.2) is 24.3 Å². The van der Waals surface area contributed by atoms with E-state index in [2.05, 4.69) is 48.6 Å². The minimum Gasteiger partial charge on any atom is -0.447 e. The molecule has 1 aromatic rings. The molecule has 0 bridgehead atoms. The average molecular weight is 286 g/mol. The fourth-order valence-electron chi connectivity index (χ4n) is 2.97. The Bertz CT molecular complexity index is 578. The monoisotopic (exact) mass is 286 g/mol. The lowest BCUT2D eigenvalue weighted by Crippen LogP contribution is -2.28. The van der Waals surface area contributed by atoms with Crippen molar-refractivity contribution in [1.82, 2.24) is 10.2 Å². The topological polar surface area (TPSA) is 41.6 Å². The lowest BCUT2D eigenvalue weighted by atomic mass is 9.97. The first-order valence-electron chi connectivity index (χ1n) is 7.51. The van der Waals surface area contributed by atoms with Gasteiger partial charge in [-0.3, -0.25) is 0 Å². The van der Waals surface area contributed by atoms with Crippen LogP contribution >= 0.6 is 0 Å². The molecule has 1 aliphatic heterocycles. The number of rotatable bonds is 5. The van der Waals surface area contributed by atoms with Crippen molar-refractivity contribution in [3.63, 3.8) is 0 Å². The third-order valence-electron chi connectivity index (χ3n) is 4.14. The minimum atomic E-state index is -0.298. The summed E-state index contributed by atoms with van der Waals surface area (Å²) in [6.45, 7) is 1.54. The van der Waals surface area contributed by atoms with Crippen LogP contribution in [0, 0.1) is 0 Å². The third kappa shape index (κ3) is 3.27. The van der Waals surface area contributed by atoms with E-state index in [4.69, 9.17) is 4.74 Å². The summed E-state index contributed by atoms with van der Waals surface area (Å²) >= 11 is 0. The number of cyclic esters (lactones) is 1. The van der Waals surface area contributed by atoms with Gasteiger partial charge in [0.25, 0.3) is 0 Å². The number of amides is 1. The molecule has 2 aliphatic rings. The first-order valence-corrected chi connectivity index (χ1v) is 7.51. The second kappa shape index (κ2) is 5.90. The van der Waals surface area contributed by atoms with E-state index >= 15 is 0 Å². The van der Waals surface area contributed by atoms with Crippen LogP contribution in [0.1, 0.15) is 23.1 Å². The molecule has 112 valence electrons. The van der Waals surface area contributed by atoms with Crippen LogP contribution in [0.25, 0.3) is 5.57 Å². The Kier molecular flexibility index (Phi) is 3.97. The second-order valence-corrected chi connectivity index (χ2v) is 6.12. The number of carbonyl (C=O) groups excluding carboxylic acids is 1. The van der Waals surface area contributed by atoms with Crippen LogP contribution in [-0.2, 0) is 17.6 Å². The molecule has 1 aliphatic carbocycles. The molecule has 0 radical (unpaired) electrons. The Hall–Kier alpha value is -1.81. The van der Waals surface area contributed by atoms with E-state index in [-0.39, 0.29) is 12.1 Å². The molecule has 3 rings (SSSR count). The Labute approximate surface area is 125 Å². The molecule has 4 nitrogen and oxygen atoms in total. The largest absolute Gasteiger partial charge is 0.447 e. The van der Waals surface area contributed by atoms with Crippen molar-refractivity contribution in [2.24, 2.45) is 0 Å². The van der Waals surface area contributed by atoms with Crippen molar-refractivity contribution in [3.8, 4) is 0 Å². The van der Waals surface area contributed by atoms with Gasteiger partial charge in [0.05, 0.1) is 6.04 Å². The SMILES string of the molecule is CN(C)CCC1=CCc2ccc(C[C@H]3COC(=O)N3)cc21. The molecule has 1 N–H and O–H groups in total. The van der Waals surface area contributed by atoms with Gasteiger partial charge in [-0.15, -0.1) is 0 Å². The van der Waals surface area contributed by atoms with Crippen molar-refractivity contribution in [1.29, 1.82) is 0 Å². The van der Waals surface area contributed by atoms with Crippen LogP contribution in [0.3, 0.4) is 0 Å². The van der Waals surface area contributed by atoms with Gasteiger partial charge in [0.1, 0.15) is 6.61 Å². The normalized spacial score (nSPS) is 20.2. The minimum absolute atomic E-state index is 0.103. The standard InChI is InChI=1S/C17H22N2O2/c1-19(2)8-7-14-6-5-13-4-3-12(10-16(13)14)9-15-11-21-17(20)18-15/h3-4,6,10,15H,5,7-9,11H2,1-2H3,(H,18,20)/t15-/m0/s1. The first-order chi connectivity index (χ1) is 10.1. The van der Waals surface area contributed by atoms with Crippen LogP contribution < -0.4 is 5.32 Å². The molecule has 21 heavy (non-hydrogen) atoms. The predicted octanol–water partition coefficient (Wildman–Crippen LogP) is 2.23. The van der Waals surface area contributed by atoms with Gasteiger partial charge in [-0.2, -0.15) is 0 Å². The number of allylic oxidation sites excluding steroid dienone is 1. The summed E-state index contributed by atoms with van der Waals surface area (Å²) in [5.41, 5.74) is 5.52. The number of hydrogen-bond donors (Lipinski definition) is 1. The summed E-state index contributed by atoms with van der Waals surface area (Å²) in [6, 6.07) is 6.79. The Morgan fingerprint density at radius 2 is 2.24 bits per heavy atom. The summed E-state index contributed by atoms with van der Waals surface area (Å²) in [5, 5.41) is 2.84. The number of fused-ring (bicyclic) bond motifs is 1. The van der Waals surface area contributed by atoms with Crippen molar-refractivity contribution in [2.75, 3.05) is 27.2 Å². The summed E-state index contributed by atoms with van der Waals surface area (Å²) in [5.74, 6) is 0. The molecular formula is C17H22N2O2. The van der Waals surface area contributed by atoms with Crippen LogP contribution in [0.2, 0.25) is 0 Å². The third-order valence-corrected chi connectivity index (χ3v) is 4.14. The molecule has 1 heterocycles. The zero-order chi connectivity index (χ0) is 14.8. The quantitative estimate of drug-likeness (QED) is 0.902. The van der Waals surface area contributed by atoms with Gasteiger partial charge in [-0.1, -0.05) is 24.3 Å². The molecule has 1 amide bonds. The molecule has 0 saturated carbocycles. The fraction of sp³-hybridized carbons (Fsp3) is 0.471. The van der Waals surface area contributed by atoms with Crippen LogP contribution in [0.5, 0.6) is 0 Å². The highest BCUT2D eigenvalue weighted by atomic mass is 16.6. The second-order valence-electron chi connectivity index (χ2n) is 6.12. The smallest absolute Gasteiger partial charge is 0.407 e. The fourth-order valence-corrected chi connectivity index (χ4v) is 2.97. The Morgan fingerprint density at radius 3 is 2.95 bits per heavy atom. The van der Waals surface area contributed by atoms with Crippen molar-refractivity contribution < 1.29 is 9.53 Å². The van der Waals surface area contributed by atoms with Gasteiger partial charge >= 0.3 is 6.09 Å².